The third-order valence-corrected chi connectivity index (χ3v) is 4.02. The molecule has 0 radical (unpaired) electrons. The Hall–Kier alpha value is -1.02. The van der Waals surface area contributed by atoms with E-state index in [1.54, 1.807) is 0 Å². The lowest BCUT2D eigenvalue weighted by Gasteiger charge is -2.09. The molecule has 7 nitrogen and oxygen atoms in total. The first-order chi connectivity index (χ1) is 13.4. The Kier molecular flexibility index (Phi) is 18.6. The van der Waals surface area contributed by atoms with Gasteiger partial charge in [-0.1, -0.05) is 27.7 Å². The summed E-state index contributed by atoms with van der Waals surface area (Å²) in [6.07, 6.45) is 3.28. The van der Waals surface area contributed by atoms with Crippen molar-refractivity contribution in [3.05, 3.63) is 0 Å². The summed E-state index contributed by atoms with van der Waals surface area (Å²) in [5, 5.41) is 6.19. The Morgan fingerprint density at radius 1 is 0.714 bits per heavy atom. The van der Waals surface area contributed by atoms with Gasteiger partial charge in [-0.3, -0.25) is 9.59 Å². The summed E-state index contributed by atoms with van der Waals surface area (Å²) in [5.41, 5.74) is 0. The number of rotatable bonds is 20. The van der Waals surface area contributed by atoms with Crippen LogP contribution >= 0.6 is 0 Å². The summed E-state index contributed by atoms with van der Waals surface area (Å²) < 4.78 is 16.4. The maximum Gasteiger partial charge on any atom is 0.220 e. The van der Waals surface area contributed by atoms with Crippen molar-refractivity contribution >= 4 is 11.7 Å². The van der Waals surface area contributed by atoms with Crippen molar-refractivity contribution in [2.24, 2.45) is 5.92 Å². The number of ketones is 1. The Labute approximate surface area is 171 Å². The Bertz CT molecular complexity index is 389. The molecule has 0 aliphatic heterocycles. The monoisotopic (exact) mass is 402 g/mol. The van der Waals surface area contributed by atoms with E-state index >= 15 is 0 Å². The number of hydrogen-bond donors (Lipinski definition) is 2. The highest BCUT2D eigenvalue weighted by Crippen LogP contribution is 2.04. The molecule has 0 heterocycles. The average molecular weight is 403 g/mol. The summed E-state index contributed by atoms with van der Waals surface area (Å²) >= 11 is 0. The number of carbonyl (C=O) groups is 2. The molecule has 0 aromatic carbocycles. The van der Waals surface area contributed by atoms with Crippen molar-refractivity contribution in [2.45, 2.75) is 65.8 Å². The van der Waals surface area contributed by atoms with Gasteiger partial charge in [0.25, 0.3) is 0 Å². The fourth-order valence-corrected chi connectivity index (χ4v) is 2.31. The van der Waals surface area contributed by atoms with Crippen molar-refractivity contribution in [3.8, 4) is 0 Å². The largest absolute Gasteiger partial charge is 0.379 e. The van der Waals surface area contributed by atoms with E-state index in [-0.39, 0.29) is 17.6 Å². The zero-order valence-electron chi connectivity index (χ0n) is 18.4. The van der Waals surface area contributed by atoms with Gasteiger partial charge in [0.05, 0.1) is 26.4 Å². The molecule has 1 amide bonds. The molecule has 0 saturated carbocycles. The minimum absolute atomic E-state index is 0.000114. The van der Waals surface area contributed by atoms with E-state index in [4.69, 9.17) is 14.2 Å². The molecule has 7 heteroatoms. The minimum atomic E-state index is -0.000114. The highest BCUT2D eigenvalue weighted by atomic mass is 16.5. The zero-order valence-corrected chi connectivity index (χ0v) is 18.4. The predicted octanol–water partition coefficient (Wildman–Crippen LogP) is 2.33. The van der Waals surface area contributed by atoms with Crippen molar-refractivity contribution in [2.75, 3.05) is 52.7 Å². The summed E-state index contributed by atoms with van der Waals surface area (Å²) in [6, 6.07) is 0.520. The van der Waals surface area contributed by atoms with Gasteiger partial charge in [0, 0.05) is 44.6 Å². The molecule has 166 valence electrons. The van der Waals surface area contributed by atoms with Crippen molar-refractivity contribution in [1.29, 1.82) is 0 Å². The standard InChI is InChI=1S/C21H42N2O5/c1-18(2)20(24)8-5-9-21(25)23-11-7-13-27-15-17-28-16-14-26-12-6-10-22-19(3)4/h18-19,22H,5-17H2,1-4H3,(H,23,25). The number of ether oxygens (including phenoxy) is 3. The van der Waals surface area contributed by atoms with Crippen LogP contribution in [-0.4, -0.2) is 70.5 Å². The maximum atomic E-state index is 11.6. The zero-order chi connectivity index (χ0) is 21.0. The second kappa shape index (κ2) is 19.3. The van der Waals surface area contributed by atoms with Gasteiger partial charge in [-0.15, -0.1) is 0 Å². The fourth-order valence-electron chi connectivity index (χ4n) is 2.31. The molecule has 0 saturated heterocycles. The third kappa shape index (κ3) is 19.7. The molecule has 28 heavy (non-hydrogen) atoms. The number of Topliss-reactive ketones (excluding diaryl/α,β-unsaturated/α-hetero) is 1. The smallest absolute Gasteiger partial charge is 0.220 e. The molecule has 0 aliphatic rings. The lowest BCUT2D eigenvalue weighted by Crippen LogP contribution is -2.25. The van der Waals surface area contributed by atoms with E-state index in [1.807, 2.05) is 13.8 Å². The van der Waals surface area contributed by atoms with E-state index in [2.05, 4.69) is 24.5 Å². The molecule has 0 spiro atoms. The van der Waals surface area contributed by atoms with Gasteiger partial charge in [0.15, 0.2) is 0 Å². The summed E-state index contributed by atoms with van der Waals surface area (Å²) in [6.45, 7) is 13.2. The summed E-state index contributed by atoms with van der Waals surface area (Å²) in [5.74, 6) is 0.266. The molecule has 0 atom stereocenters. The van der Waals surface area contributed by atoms with Crippen LogP contribution in [0.25, 0.3) is 0 Å². The number of hydrogen-bond acceptors (Lipinski definition) is 6. The molecule has 0 rings (SSSR count). The second-order valence-electron chi connectivity index (χ2n) is 7.48. The first-order valence-electron chi connectivity index (χ1n) is 10.7. The van der Waals surface area contributed by atoms with Crippen LogP contribution in [0.2, 0.25) is 0 Å². The van der Waals surface area contributed by atoms with Crippen LogP contribution in [-0.2, 0) is 23.8 Å². The lowest BCUT2D eigenvalue weighted by molar-refractivity contribution is -0.122. The van der Waals surface area contributed by atoms with Gasteiger partial charge in [0.1, 0.15) is 5.78 Å². The van der Waals surface area contributed by atoms with Gasteiger partial charge in [-0.05, 0) is 25.8 Å². The summed E-state index contributed by atoms with van der Waals surface area (Å²) in [7, 11) is 0. The molecule has 0 unspecified atom stereocenters. The SMILES string of the molecule is CC(C)NCCCOCCOCCOCCCNC(=O)CCCC(=O)C(C)C. The normalized spacial score (nSPS) is 11.4. The first kappa shape index (κ1) is 27.0. The fraction of sp³-hybridized carbons (Fsp3) is 0.905. The van der Waals surface area contributed by atoms with E-state index in [9.17, 15) is 9.59 Å². The van der Waals surface area contributed by atoms with Crippen LogP contribution in [0.5, 0.6) is 0 Å². The molecule has 0 bridgehead atoms. The van der Waals surface area contributed by atoms with Gasteiger partial charge in [0.2, 0.25) is 5.91 Å². The Morgan fingerprint density at radius 3 is 1.79 bits per heavy atom. The topological polar surface area (TPSA) is 85.9 Å². The lowest BCUT2D eigenvalue weighted by atomic mass is 10.0. The number of carbonyl (C=O) groups excluding carboxylic acids is 2. The van der Waals surface area contributed by atoms with Gasteiger partial charge >= 0.3 is 0 Å². The number of amides is 1. The summed E-state index contributed by atoms with van der Waals surface area (Å²) in [4.78, 5) is 23.1. The predicted molar refractivity (Wildman–Crippen MR) is 112 cm³/mol. The molecule has 0 aliphatic carbocycles. The Morgan fingerprint density at radius 2 is 1.25 bits per heavy atom. The van der Waals surface area contributed by atoms with Crippen LogP contribution in [0.15, 0.2) is 0 Å². The Balaban J connectivity index is 3.21. The third-order valence-electron chi connectivity index (χ3n) is 4.02. The van der Waals surface area contributed by atoms with E-state index < -0.39 is 0 Å². The quantitative estimate of drug-likeness (QED) is 0.304. The minimum Gasteiger partial charge on any atom is -0.379 e. The molecule has 0 aromatic rings. The molecule has 0 aromatic heterocycles. The van der Waals surface area contributed by atoms with E-state index in [1.165, 1.54) is 0 Å². The van der Waals surface area contributed by atoms with Crippen molar-refractivity contribution < 1.29 is 23.8 Å². The maximum absolute atomic E-state index is 11.6. The van der Waals surface area contributed by atoms with Crippen molar-refractivity contribution in [1.82, 2.24) is 10.6 Å². The van der Waals surface area contributed by atoms with Crippen LogP contribution in [0, 0.1) is 5.92 Å². The van der Waals surface area contributed by atoms with Crippen LogP contribution in [0.1, 0.15) is 59.8 Å². The van der Waals surface area contributed by atoms with E-state index in [0.717, 1.165) is 26.0 Å². The molecule has 0 fully saturated rings. The molecule has 2 N–H and O–H groups in total. The van der Waals surface area contributed by atoms with Gasteiger partial charge < -0.3 is 24.8 Å². The van der Waals surface area contributed by atoms with Crippen LogP contribution in [0.4, 0.5) is 0 Å². The second-order valence-corrected chi connectivity index (χ2v) is 7.48. The van der Waals surface area contributed by atoms with Gasteiger partial charge in [-0.2, -0.15) is 0 Å². The molecular formula is C21H42N2O5. The highest BCUT2D eigenvalue weighted by Gasteiger charge is 2.08. The van der Waals surface area contributed by atoms with Crippen LogP contribution in [0.3, 0.4) is 0 Å². The van der Waals surface area contributed by atoms with Gasteiger partial charge in [-0.25, -0.2) is 0 Å². The van der Waals surface area contributed by atoms with E-state index in [0.29, 0.717) is 64.9 Å². The van der Waals surface area contributed by atoms with Crippen LogP contribution < -0.4 is 10.6 Å². The van der Waals surface area contributed by atoms with Crippen molar-refractivity contribution in [3.63, 3.8) is 0 Å². The first-order valence-corrected chi connectivity index (χ1v) is 10.7. The average Bonchev–Trinajstić information content (AvgIpc) is 2.64. The highest BCUT2D eigenvalue weighted by molar-refractivity contribution is 5.81. The molecular weight excluding hydrogens is 360 g/mol. The number of nitrogens with one attached hydrogen (secondary N) is 2.